The molecule has 1 amide bonds. The molecule has 3 N–H and O–H groups in total. The van der Waals surface area contributed by atoms with Crippen molar-refractivity contribution >= 4 is 50.5 Å². The molecule has 9 heteroatoms. The maximum atomic E-state index is 13.0. The number of nitrogens with one attached hydrogen (secondary N) is 3. The van der Waals surface area contributed by atoms with Gasteiger partial charge in [-0.2, -0.15) is 0 Å². The summed E-state index contributed by atoms with van der Waals surface area (Å²) in [4.78, 5) is 23.2. The molecule has 1 atom stereocenters. The zero-order valence-corrected chi connectivity index (χ0v) is 16.6. The van der Waals surface area contributed by atoms with Crippen molar-refractivity contribution in [2.75, 3.05) is 5.32 Å². The van der Waals surface area contributed by atoms with Crippen molar-refractivity contribution in [3.8, 4) is 0 Å². The molecule has 1 heterocycles. The van der Waals surface area contributed by atoms with E-state index in [2.05, 4.69) is 31.9 Å². The van der Waals surface area contributed by atoms with Gasteiger partial charge in [0.2, 0.25) is 0 Å². The average Bonchev–Trinajstić information content (AvgIpc) is 2.61. The summed E-state index contributed by atoms with van der Waals surface area (Å²) in [6.07, 6.45) is 0. The number of nitro groups is 1. The molecule has 0 aromatic heterocycles. The molecule has 0 spiro atoms. The summed E-state index contributed by atoms with van der Waals surface area (Å²) in [7, 11) is 0. The molecular formula is C18H15BrN4O3S. The van der Waals surface area contributed by atoms with Crippen LogP contribution >= 0.6 is 28.1 Å². The highest BCUT2D eigenvalue weighted by atomic mass is 79.9. The number of nitrogens with zero attached hydrogens (tertiary/aromatic N) is 1. The molecule has 0 bridgehead atoms. The highest BCUT2D eigenvalue weighted by molar-refractivity contribution is 9.10. The molecule has 0 aliphatic carbocycles. The van der Waals surface area contributed by atoms with Crippen LogP contribution in [0.4, 0.5) is 11.4 Å². The van der Waals surface area contributed by atoms with E-state index in [4.69, 9.17) is 12.2 Å². The van der Waals surface area contributed by atoms with Crippen LogP contribution in [0.5, 0.6) is 0 Å². The second kappa shape index (κ2) is 7.85. The van der Waals surface area contributed by atoms with Gasteiger partial charge >= 0.3 is 0 Å². The molecule has 0 saturated carbocycles. The number of carbonyl (C=O) groups is 1. The molecule has 0 saturated heterocycles. The minimum atomic E-state index is -0.489. The van der Waals surface area contributed by atoms with Crippen molar-refractivity contribution in [3.05, 3.63) is 80.0 Å². The van der Waals surface area contributed by atoms with Gasteiger partial charge in [-0.1, -0.05) is 34.1 Å². The van der Waals surface area contributed by atoms with E-state index in [0.717, 1.165) is 10.0 Å². The normalized spacial score (nSPS) is 16.4. The maximum Gasteiger partial charge on any atom is 0.269 e. The molecule has 1 aliphatic heterocycles. The van der Waals surface area contributed by atoms with E-state index >= 15 is 0 Å². The van der Waals surface area contributed by atoms with Gasteiger partial charge in [0.1, 0.15) is 0 Å². The van der Waals surface area contributed by atoms with Gasteiger partial charge < -0.3 is 16.0 Å². The Hall–Kier alpha value is -2.78. The number of thiocarbonyl (C=S) groups is 1. The van der Waals surface area contributed by atoms with E-state index in [1.54, 1.807) is 6.92 Å². The summed E-state index contributed by atoms with van der Waals surface area (Å²) in [5.41, 5.74) is 2.41. The minimum Gasteiger partial charge on any atom is -0.351 e. The maximum absolute atomic E-state index is 13.0. The predicted molar refractivity (Wildman–Crippen MR) is 110 cm³/mol. The summed E-state index contributed by atoms with van der Waals surface area (Å²) >= 11 is 8.76. The third kappa shape index (κ3) is 4.15. The van der Waals surface area contributed by atoms with Crippen LogP contribution < -0.4 is 16.0 Å². The van der Waals surface area contributed by atoms with Gasteiger partial charge in [-0.05, 0) is 42.9 Å². The summed E-state index contributed by atoms with van der Waals surface area (Å²) in [6.45, 7) is 1.78. The zero-order valence-electron chi connectivity index (χ0n) is 14.2. The number of anilines is 1. The molecule has 2 aromatic rings. The number of carbonyl (C=O) groups excluding carboxylic acids is 1. The van der Waals surface area contributed by atoms with Gasteiger partial charge in [0.25, 0.3) is 11.6 Å². The van der Waals surface area contributed by atoms with E-state index in [1.165, 1.54) is 24.3 Å². The van der Waals surface area contributed by atoms with Crippen LogP contribution in [-0.4, -0.2) is 15.9 Å². The van der Waals surface area contributed by atoms with Crippen LogP contribution in [-0.2, 0) is 4.79 Å². The molecular weight excluding hydrogens is 432 g/mol. The van der Waals surface area contributed by atoms with E-state index in [9.17, 15) is 14.9 Å². The molecule has 3 rings (SSSR count). The third-order valence-corrected chi connectivity index (χ3v) is 5.01. The lowest BCUT2D eigenvalue weighted by molar-refractivity contribution is -0.384. The Labute approximate surface area is 169 Å². The van der Waals surface area contributed by atoms with Crippen molar-refractivity contribution in [3.63, 3.8) is 0 Å². The Bertz CT molecular complexity index is 959. The Kier molecular flexibility index (Phi) is 5.52. The van der Waals surface area contributed by atoms with Crippen LogP contribution in [0.25, 0.3) is 0 Å². The van der Waals surface area contributed by atoms with Crippen molar-refractivity contribution in [2.24, 2.45) is 0 Å². The minimum absolute atomic E-state index is 0.0409. The Morgan fingerprint density at radius 1 is 1.22 bits per heavy atom. The molecule has 1 aliphatic rings. The molecule has 0 radical (unpaired) electrons. The quantitative estimate of drug-likeness (QED) is 0.375. The number of nitro benzene ring substituents is 1. The van der Waals surface area contributed by atoms with Crippen LogP contribution in [0, 0.1) is 10.1 Å². The summed E-state index contributed by atoms with van der Waals surface area (Å²) in [6, 6.07) is 12.8. The van der Waals surface area contributed by atoms with Crippen molar-refractivity contribution in [1.29, 1.82) is 0 Å². The monoisotopic (exact) mass is 446 g/mol. The molecule has 7 nitrogen and oxygen atoms in total. The van der Waals surface area contributed by atoms with Crippen LogP contribution in [0.2, 0.25) is 0 Å². The number of hydrogen-bond acceptors (Lipinski definition) is 4. The highest BCUT2D eigenvalue weighted by Gasteiger charge is 2.31. The first-order valence-electron chi connectivity index (χ1n) is 7.95. The van der Waals surface area contributed by atoms with E-state index in [1.807, 2.05) is 24.3 Å². The molecule has 27 heavy (non-hydrogen) atoms. The van der Waals surface area contributed by atoms with Crippen molar-refractivity contribution in [1.82, 2.24) is 10.6 Å². The van der Waals surface area contributed by atoms with Crippen LogP contribution in [0.1, 0.15) is 18.5 Å². The standard InChI is InChI=1S/C18H15BrN4O3S/c1-10-15(17(24)21-11-6-8-12(9-7-11)23(25)26)16(22-18(27)20-10)13-4-2-3-5-14(13)19/h2-9,16H,1H3,(H,21,24)(H2,20,22,27). The summed E-state index contributed by atoms with van der Waals surface area (Å²) in [5.74, 6) is -0.329. The fraction of sp³-hybridized carbons (Fsp3) is 0.111. The first-order chi connectivity index (χ1) is 12.9. The number of halogens is 1. The van der Waals surface area contributed by atoms with Gasteiger partial charge in [-0.3, -0.25) is 14.9 Å². The number of non-ortho nitro benzene ring substituents is 1. The van der Waals surface area contributed by atoms with Crippen LogP contribution in [0.3, 0.4) is 0 Å². The fourth-order valence-corrected chi connectivity index (χ4v) is 3.59. The van der Waals surface area contributed by atoms with Crippen molar-refractivity contribution in [2.45, 2.75) is 13.0 Å². The van der Waals surface area contributed by atoms with Crippen LogP contribution in [0.15, 0.2) is 64.3 Å². The Morgan fingerprint density at radius 2 is 1.89 bits per heavy atom. The topological polar surface area (TPSA) is 96.3 Å². The van der Waals surface area contributed by atoms with E-state index < -0.39 is 11.0 Å². The van der Waals surface area contributed by atoms with Gasteiger partial charge in [0.05, 0.1) is 16.5 Å². The first-order valence-corrected chi connectivity index (χ1v) is 9.15. The molecule has 2 aromatic carbocycles. The number of allylic oxidation sites excluding steroid dienone is 1. The number of rotatable bonds is 4. The molecule has 1 unspecified atom stereocenters. The second-order valence-electron chi connectivity index (χ2n) is 5.85. The third-order valence-electron chi connectivity index (χ3n) is 4.07. The predicted octanol–water partition coefficient (Wildman–Crippen LogP) is 3.79. The zero-order chi connectivity index (χ0) is 19.6. The number of amides is 1. The largest absolute Gasteiger partial charge is 0.351 e. The van der Waals surface area contributed by atoms with Gasteiger partial charge in [-0.25, -0.2) is 0 Å². The smallest absolute Gasteiger partial charge is 0.269 e. The van der Waals surface area contributed by atoms with Gasteiger partial charge in [-0.15, -0.1) is 0 Å². The van der Waals surface area contributed by atoms with E-state index in [0.29, 0.717) is 22.1 Å². The Morgan fingerprint density at radius 3 is 2.52 bits per heavy atom. The van der Waals surface area contributed by atoms with Gasteiger partial charge in [0, 0.05) is 28.0 Å². The highest BCUT2D eigenvalue weighted by Crippen LogP contribution is 2.32. The number of hydrogen-bond donors (Lipinski definition) is 3. The molecule has 0 fully saturated rings. The second-order valence-corrected chi connectivity index (χ2v) is 7.11. The Balaban J connectivity index is 1.92. The van der Waals surface area contributed by atoms with E-state index in [-0.39, 0.29) is 11.6 Å². The lowest BCUT2D eigenvalue weighted by Gasteiger charge is -2.31. The van der Waals surface area contributed by atoms with Gasteiger partial charge in [0.15, 0.2) is 5.11 Å². The summed E-state index contributed by atoms with van der Waals surface area (Å²) < 4.78 is 0.848. The number of benzene rings is 2. The average molecular weight is 447 g/mol. The lowest BCUT2D eigenvalue weighted by Crippen LogP contribution is -2.45. The lowest BCUT2D eigenvalue weighted by atomic mass is 9.95. The van der Waals surface area contributed by atoms with Crippen molar-refractivity contribution < 1.29 is 9.72 Å². The SMILES string of the molecule is CC1=C(C(=O)Nc2ccc([N+](=O)[O-])cc2)C(c2ccccc2Br)NC(=S)N1. The molecule has 138 valence electrons. The first kappa shape index (κ1) is 19.0. The summed E-state index contributed by atoms with van der Waals surface area (Å²) in [5, 5.41) is 20.1. The fourth-order valence-electron chi connectivity index (χ4n) is 2.80.